The van der Waals surface area contributed by atoms with Crippen molar-refractivity contribution in [2.45, 2.75) is 30.9 Å². The van der Waals surface area contributed by atoms with Crippen molar-refractivity contribution in [2.75, 3.05) is 19.3 Å². The molecule has 0 aliphatic carbocycles. The second kappa shape index (κ2) is 7.60. The number of hydrogen-bond donors (Lipinski definition) is 0. The van der Waals surface area contributed by atoms with Gasteiger partial charge in [-0.3, -0.25) is 9.78 Å². The standard InChI is InChI=1S/C23H21FN4O5S/c1-34(30,31)12-28-20-7-19(23(29)27-9-14-3-4-15(10-27)33-14)25-8-17(20)22(26-28)18-11-32-21-5-2-13(24)6-16(18)21/h2,5-8,11,14-15H,3-4,9-10,12H2,1H3. The molecule has 2 aliphatic heterocycles. The molecule has 2 saturated heterocycles. The van der Waals surface area contributed by atoms with Crippen LogP contribution in [0.3, 0.4) is 0 Å². The summed E-state index contributed by atoms with van der Waals surface area (Å²) in [6.07, 6.45) is 6.04. The predicted octanol–water partition coefficient (Wildman–Crippen LogP) is 2.99. The van der Waals surface area contributed by atoms with E-state index in [1.54, 1.807) is 11.0 Å². The number of morpholine rings is 1. The maximum Gasteiger partial charge on any atom is 0.272 e. The molecule has 9 nitrogen and oxygen atoms in total. The van der Waals surface area contributed by atoms with Gasteiger partial charge in [0.2, 0.25) is 0 Å². The van der Waals surface area contributed by atoms with E-state index in [0.717, 1.165) is 19.1 Å². The van der Waals surface area contributed by atoms with Crippen LogP contribution in [0.4, 0.5) is 4.39 Å². The number of ether oxygens (including phenoxy) is 1. The van der Waals surface area contributed by atoms with Crippen LogP contribution in [0.25, 0.3) is 33.1 Å². The highest BCUT2D eigenvalue weighted by molar-refractivity contribution is 7.89. The summed E-state index contributed by atoms with van der Waals surface area (Å²) in [6, 6.07) is 5.73. The Hall–Kier alpha value is -3.31. The molecule has 5 heterocycles. The number of hydrogen-bond acceptors (Lipinski definition) is 7. The van der Waals surface area contributed by atoms with Gasteiger partial charge in [0.25, 0.3) is 5.91 Å². The van der Waals surface area contributed by atoms with Gasteiger partial charge >= 0.3 is 0 Å². The lowest BCUT2D eigenvalue weighted by atomic mass is 10.1. The monoisotopic (exact) mass is 484 g/mol. The average Bonchev–Trinajstić information content (AvgIpc) is 3.46. The second-order valence-corrected chi connectivity index (χ2v) is 11.1. The number of amides is 1. The van der Waals surface area contributed by atoms with Crippen molar-refractivity contribution in [3.05, 3.63) is 48.2 Å². The molecule has 2 atom stereocenters. The van der Waals surface area contributed by atoms with Crippen LogP contribution in [0.1, 0.15) is 23.3 Å². The van der Waals surface area contributed by atoms with E-state index in [9.17, 15) is 17.6 Å². The molecule has 2 bridgehead atoms. The summed E-state index contributed by atoms with van der Waals surface area (Å²) in [5.41, 5.74) is 2.04. The van der Waals surface area contributed by atoms with Gasteiger partial charge < -0.3 is 14.1 Å². The minimum atomic E-state index is -3.45. The fraction of sp³-hybridized carbons (Fsp3) is 0.348. The van der Waals surface area contributed by atoms with Gasteiger partial charge in [0.1, 0.15) is 34.9 Å². The van der Waals surface area contributed by atoms with Gasteiger partial charge in [-0.25, -0.2) is 17.5 Å². The summed E-state index contributed by atoms with van der Waals surface area (Å²) in [6.45, 7) is 1.02. The number of nitrogens with zero attached hydrogens (tertiary/aromatic N) is 4. The molecule has 11 heteroatoms. The Labute approximate surface area is 194 Å². The van der Waals surface area contributed by atoms with E-state index in [1.165, 1.54) is 35.3 Å². The zero-order valence-electron chi connectivity index (χ0n) is 18.3. The summed E-state index contributed by atoms with van der Waals surface area (Å²) in [5, 5.41) is 5.56. The predicted molar refractivity (Wildman–Crippen MR) is 121 cm³/mol. The summed E-state index contributed by atoms with van der Waals surface area (Å²) >= 11 is 0. The first kappa shape index (κ1) is 21.2. The SMILES string of the molecule is CS(=O)(=O)Cn1nc(-c2coc3ccc(F)cc23)c2cnc(C(=O)N3CC4CCC(C3)O4)cc21. The zero-order chi connectivity index (χ0) is 23.6. The van der Waals surface area contributed by atoms with Gasteiger partial charge in [-0.05, 0) is 37.1 Å². The van der Waals surface area contributed by atoms with Crippen LogP contribution >= 0.6 is 0 Å². The number of carbonyl (C=O) groups is 1. The summed E-state index contributed by atoms with van der Waals surface area (Å²) in [7, 11) is -3.45. The number of rotatable bonds is 4. The van der Waals surface area contributed by atoms with Gasteiger partial charge in [0, 0.05) is 41.9 Å². The molecule has 176 valence electrons. The Kier molecular flexibility index (Phi) is 4.75. The second-order valence-electron chi connectivity index (χ2n) is 8.95. The Morgan fingerprint density at radius 3 is 2.68 bits per heavy atom. The average molecular weight is 485 g/mol. The first-order valence-corrected chi connectivity index (χ1v) is 13.0. The van der Waals surface area contributed by atoms with Crippen LogP contribution in [0.15, 0.2) is 41.1 Å². The van der Waals surface area contributed by atoms with Gasteiger partial charge in [0.15, 0.2) is 9.84 Å². The number of likely N-dealkylation sites (tertiary alicyclic amines) is 1. The van der Waals surface area contributed by atoms with E-state index in [-0.39, 0.29) is 29.7 Å². The highest BCUT2D eigenvalue weighted by Gasteiger charge is 2.36. The largest absolute Gasteiger partial charge is 0.464 e. The molecule has 3 aromatic heterocycles. The number of halogens is 1. The van der Waals surface area contributed by atoms with E-state index in [4.69, 9.17) is 9.15 Å². The minimum Gasteiger partial charge on any atom is -0.464 e. The Bertz CT molecular complexity index is 1550. The quantitative estimate of drug-likeness (QED) is 0.438. The van der Waals surface area contributed by atoms with Crippen molar-refractivity contribution >= 4 is 37.6 Å². The van der Waals surface area contributed by atoms with Crippen molar-refractivity contribution in [2.24, 2.45) is 0 Å². The third-order valence-corrected chi connectivity index (χ3v) is 7.05. The van der Waals surface area contributed by atoms with Crippen LogP contribution in [0, 0.1) is 5.82 Å². The Morgan fingerprint density at radius 2 is 1.94 bits per heavy atom. The topological polar surface area (TPSA) is 108 Å². The smallest absolute Gasteiger partial charge is 0.272 e. The van der Waals surface area contributed by atoms with Gasteiger partial charge in [-0.2, -0.15) is 5.10 Å². The van der Waals surface area contributed by atoms with Crippen LogP contribution in [0.2, 0.25) is 0 Å². The van der Waals surface area contributed by atoms with Gasteiger partial charge in [-0.1, -0.05) is 0 Å². The van der Waals surface area contributed by atoms with Gasteiger partial charge in [-0.15, -0.1) is 0 Å². The van der Waals surface area contributed by atoms with Crippen molar-refractivity contribution in [3.63, 3.8) is 0 Å². The molecule has 0 radical (unpaired) electrons. The molecule has 6 rings (SSSR count). The number of sulfone groups is 1. The molecule has 2 aliphatic rings. The van der Waals surface area contributed by atoms with Crippen molar-refractivity contribution in [1.29, 1.82) is 0 Å². The highest BCUT2D eigenvalue weighted by atomic mass is 32.2. The van der Waals surface area contributed by atoms with Crippen molar-refractivity contribution < 1.29 is 26.8 Å². The molecule has 0 spiro atoms. The molecule has 0 N–H and O–H groups in total. The summed E-state index contributed by atoms with van der Waals surface area (Å²) < 4.78 is 50.8. The summed E-state index contributed by atoms with van der Waals surface area (Å²) in [4.78, 5) is 19.3. The maximum absolute atomic E-state index is 13.9. The fourth-order valence-electron chi connectivity index (χ4n) is 4.83. The molecule has 2 fully saturated rings. The number of fused-ring (bicyclic) bond motifs is 4. The van der Waals surface area contributed by atoms with Crippen LogP contribution in [0.5, 0.6) is 0 Å². The molecule has 34 heavy (non-hydrogen) atoms. The van der Waals surface area contributed by atoms with Gasteiger partial charge in [0.05, 0.1) is 17.7 Å². The Balaban J connectivity index is 1.47. The molecule has 0 saturated carbocycles. The van der Waals surface area contributed by atoms with Crippen LogP contribution in [-0.2, 0) is 20.5 Å². The first-order chi connectivity index (χ1) is 16.2. The number of carbonyl (C=O) groups excluding carboxylic acids is 1. The number of furan rings is 1. The lowest BCUT2D eigenvalue weighted by Gasteiger charge is -2.31. The lowest BCUT2D eigenvalue weighted by molar-refractivity contribution is -0.0305. The molecule has 4 aromatic rings. The van der Waals surface area contributed by atoms with Crippen molar-refractivity contribution in [1.82, 2.24) is 19.7 Å². The van der Waals surface area contributed by atoms with Crippen LogP contribution < -0.4 is 0 Å². The third-order valence-electron chi connectivity index (χ3n) is 6.33. The van der Waals surface area contributed by atoms with E-state index < -0.39 is 15.7 Å². The third kappa shape index (κ3) is 3.64. The number of benzene rings is 1. The normalized spacial score (nSPS) is 20.5. The molecule has 1 amide bonds. The Morgan fingerprint density at radius 1 is 1.18 bits per heavy atom. The maximum atomic E-state index is 13.9. The fourth-order valence-corrected chi connectivity index (χ4v) is 5.47. The molecule has 1 aromatic carbocycles. The molecular weight excluding hydrogens is 463 g/mol. The summed E-state index contributed by atoms with van der Waals surface area (Å²) in [5.74, 6) is -1.04. The highest BCUT2D eigenvalue weighted by Crippen LogP contribution is 2.35. The minimum absolute atomic E-state index is 0.0450. The van der Waals surface area contributed by atoms with E-state index in [1.807, 2.05) is 0 Å². The zero-order valence-corrected chi connectivity index (χ0v) is 19.1. The van der Waals surface area contributed by atoms with E-state index in [0.29, 0.717) is 46.2 Å². The number of aromatic nitrogens is 3. The van der Waals surface area contributed by atoms with Crippen LogP contribution in [-0.4, -0.2) is 65.5 Å². The van der Waals surface area contributed by atoms with Crippen molar-refractivity contribution in [3.8, 4) is 11.3 Å². The van der Waals surface area contributed by atoms with E-state index >= 15 is 0 Å². The molecular formula is C23H21FN4O5S. The lowest BCUT2D eigenvalue weighted by Crippen LogP contribution is -2.46. The number of pyridine rings is 1. The first-order valence-electron chi connectivity index (χ1n) is 10.9. The molecule has 2 unspecified atom stereocenters. The van der Waals surface area contributed by atoms with E-state index in [2.05, 4.69) is 10.1 Å².